The van der Waals surface area contributed by atoms with Crippen molar-refractivity contribution in [2.24, 2.45) is 0 Å². The second-order valence-electron chi connectivity index (χ2n) is 3.16. The third kappa shape index (κ3) is 3.75. The van der Waals surface area contributed by atoms with E-state index >= 15 is 0 Å². The van der Waals surface area contributed by atoms with Gasteiger partial charge in [-0.3, -0.25) is 4.98 Å². The molecule has 2 rings (SSSR count). The van der Waals surface area contributed by atoms with Crippen molar-refractivity contribution in [3.05, 3.63) is 24.4 Å². The summed E-state index contributed by atoms with van der Waals surface area (Å²) in [7, 11) is 0. The SMILES string of the molecule is [Br-].[Mg+2].[c-]1ccc(N2CCCCC2)nc1. The Labute approximate surface area is 112 Å². The smallest absolute Gasteiger partial charge is 1.00 e. The molecule has 0 radical (unpaired) electrons. The van der Waals surface area contributed by atoms with Crippen LogP contribution in [0.1, 0.15) is 19.3 Å². The standard InChI is InChI=1S/C10H13N2.BrH.Mg/c1-4-8-12(9-5-1)10-6-2-3-7-11-10;;/h2,6-7H,1,4-5,8-9H2;1H;/q-1;;+2/p-1. The van der Waals surface area contributed by atoms with E-state index in [1.54, 1.807) is 6.20 Å². The first-order valence-corrected chi connectivity index (χ1v) is 4.54. The predicted octanol–water partition coefficient (Wildman–Crippen LogP) is -1.50. The van der Waals surface area contributed by atoms with E-state index in [9.17, 15) is 0 Å². The van der Waals surface area contributed by atoms with Crippen LogP contribution < -0.4 is 21.9 Å². The molecule has 1 saturated heterocycles. The van der Waals surface area contributed by atoms with Gasteiger partial charge in [0.05, 0.1) is 0 Å². The van der Waals surface area contributed by atoms with Gasteiger partial charge in [-0.05, 0) is 19.3 Å². The quantitative estimate of drug-likeness (QED) is 0.454. The molecule has 1 fully saturated rings. The molecule has 1 aromatic rings. The Kier molecular flexibility index (Phi) is 7.59. The molecule has 0 N–H and O–H groups in total. The van der Waals surface area contributed by atoms with E-state index in [0.29, 0.717) is 0 Å². The van der Waals surface area contributed by atoms with Crippen LogP contribution in [0.4, 0.5) is 5.82 Å². The number of hydrogen-bond acceptors (Lipinski definition) is 2. The van der Waals surface area contributed by atoms with E-state index in [0.717, 1.165) is 18.9 Å². The monoisotopic (exact) mass is 264 g/mol. The first-order chi connectivity index (χ1) is 5.97. The fourth-order valence-electron chi connectivity index (χ4n) is 1.62. The van der Waals surface area contributed by atoms with Crippen molar-refractivity contribution in [3.63, 3.8) is 0 Å². The van der Waals surface area contributed by atoms with Gasteiger partial charge in [-0.1, -0.05) is 6.20 Å². The van der Waals surface area contributed by atoms with Gasteiger partial charge >= 0.3 is 23.1 Å². The summed E-state index contributed by atoms with van der Waals surface area (Å²) in [5.74, 6) is 1.11. The van der Waals surface area contributed by atoms with Crippen LogP contribution in [0.3, 0.4) is 0 Å². The molecule has 0 aliphatic carbocycles. The molecule has 2 nitrogen and oxygen atoms in total. The summed E-state index contributed by atoms with van der Waals surface area (Å²) in [6.07, 6.45) is 5.72. The maximum atomic E-state index is 4.27. The van der Waals surface area contributed by atoms with Crippen molar-refractivity contribution in [2.45, 2.75) is 19.3 Å². The van der Waals surface area contributed by atoms with E-state index in [1.165, 1.54) is 19.3 Å². The van der Waals surface area contributed by atoms with Crippen molar-refractivity contribution < 1.29 is 17.0 Å². The summed E-state index contributed by atoms with van der Waals surface area (Å²) in [6.45, 7) is 2.33. The topological polar surface area (TPSA) is 16.1 Å². The summed E-state index contributed by atoms with van der Waals surface area (Å²) in [6, 6.07) is 6.89. The zero-order valence-electron chi connectivity index (χ0n) is 8.25. The summed E-state index contributed by atoms with van der Waals surface area (Å²) >= 11 is 0. The second kappa shape index (κ2) is 7.48. The molecule has 14 heavy (non-hydrogen) atoms. The third-order valence-electron chi connectivity index (χ3n) is 2.28. The fraction of sp³-hybridized carbons (Fsp3) is 0.500. The van der Waals surface area contributed by atoms with Gasteiger partial charge in [0.15, 0.2) is 0 Å². The third-order valence-corrected chi connectivity index (χ3v) is 2.28. The van der Waals surface area contributed by atoms with Crippen molar-refractivity contribution in [1.82, 2.24) is 4.98 Å². The number of rotatable bonds is 1. The van der Waals surface area contributed by atoms with Crippen molar-refractivity contribution >= 4 is 28.9 Å². The predicted molar refractivity (Wildman–Crippen MR) is 54.9 cm³/mol. The summed E-state index contributed by atoms with van der Waals surface area (Å²) < 4.78 is 0. The first-order valence-electron chi connectivity index (χ1n) is 4.54. The Morgan fingerprint density at radius 1 is 1.21 bits per heavy atom. The van der Waals surface area contributed by atoms with E-state index in [2.05, 4.69) is 16.0 Å². The molecule has 0 unspecified atom stereocenters. The second-order valence-corrected chi connectivity index (χ2v) is 3.16. The molecule has 0 amide bonds. The minimum Gasteiger partial charge on any atom is -1.00 e. The molecule has 0 bridgehead atoms. The number of nitrogens with zero attached hydrogens (tertiary/aromatic N) is 2. The van der Waals surface area contributed by atoms with Gasteiger partial charge in [0.2, 0.25) is 0 Å². The first kappa shape index (κ1) is 14.2. The molecule has 0 atom stereocenters. The molecule has 0 saturated carbocycles. The largest absolute Gasteiger partial charge is 2.00 e. The molecule has 0 spiro atoms. The fourth-order valence-corrected chi connectivity index (χ4v) is 1.62. The Morgan fingerprint density at radius 3 is 2.50 bits per heavy atom. The summed E-state index contributed by atoms with van der Waals surface area (Å²) in [4.78, 5) is 6.62. The van der Waals surface area contributed by atoms with Crippen LogP contribution in [0.15, 0.2) is 18.3 Å². The van der Waals surface area contributed by atoms with Crippen molar-refractivity contribution in [3.8, 4) is 0 Å². The number of hydrogen-bond donors (Lipinski definition) is 0. The number of piperidine rings is 1. The Hall–Kier alpha value is 0.196. The molecule has 2 heterocycles. The maximum absolute atomic E-state index is 4.27. The molecular weight excluding hydrogens is 252 g/mol. The normalized spacial score (nSPS) is 15.3. The number of anilines is 1. The van der Waals surface area contributed by atoms with Gasteiger partial charge in [-0.15, -0.1) is 0 Å². The van der Waals surface area contributed by atoms with Gasteiger partial charge in [-0.25, -0.2) is 12.1 Å². The minimum absolute atomic E-state index is 0. The van der Waals surface area contributed by atoms with Gasteiger partial charge in [-0.2, -0.15) is 6.07 Å². The molecular formula is C10H13BrMgN2. The van der Waals surface area contributed by atoms with Crippen LogP contribution in [-0.2, 0) is 0 Å². The van der Waals surface area contributed by atoms with E-state index in [4.69, 9.17) is 0 Å². The van der Waals surface area contributed by atoms with E-state index in [1.807, 2.05) is 12.1 Å². The average Bonchev–Trinajstić information content (AvgIpc) is 2.21. The van der Waals surface area contributed by atoms with E-state index < -0.39 is 0 Å². The minimum atomic E-state index is 0. The Morgan fingerprint density at radius 2 is 1.93 bits per heavy atom. The van der Waals surface area contributed by atoms with Crippen LogP contribution in [-0.4, -0.2) is 41.1 Å². The zero-order valence-corrected chi connectivity index (χ0v) is 11.2. The molecule has 1 aromatic heterocycles. The van der Waals surface area contributed by atoms with Crippen LogP contribution in [0.5, 0.6) is 0 Å². The maximum Gasteiger partial charge on any atom is 2.00 e. The van der Waals surface area contributed by atoms with Crippen LogP contribution in [0.25, 0.3) is 0 Å². The molecule has 4 heteroatoms. The number of halogens is 1. The number of aromatic nitrogens is 1. The van der Waals surface area contributed by atoms with Gasteiger partial charge in [0, 0.05) is 18.9 Å². The van der Waals surface area contributed by atoms with E-state index in [-0.39, 0.29) is 40.0 Å². The van der Waals surface area contributed by atoms with Crippen molar-refractivity contribution in [1.29, 1.82) is 0 Å². The van der Waals surface area contributed by atoms with Gasteiger partial charge < -0.3 is 21.9 Å². The van der Waals surface area contributed by atoms with Gasteiger partial charge in [0.1, 0.15) is 0 Å². The number of pyridine rings is 1. The Bertz CT molecular complexity index is 237. The van der Waals surface area contributed by atoms with Crippen molar-refractivity contribution in [2.75, 3.05) is 18.0 Å². The molecule has 0 aromatic carbocycles. The Balaban J connectivity index is 0.000000845. The van der Waals surface area contributed by atoms with Crippen LogP contribution in [0, 0.1) is 6.07 Å². The molecule has 1 aliphatic rings. The van der Waals surface area contributed by atoms with Crippen LogP contribution >= 0.6 is 0 Å². The summed E-state index contributed by atoms with van der Waals surface area (Å²) in [5.41, 5.74) is 0. The average molecular weight is 265 g/mol. The molecule has 72 valence electrons. The zero-order chi connectivity index (χ0) is 8.23. The summed E-state index contributed by atoms with van der Waals surface area (Å²) in [5, 5.41) is 0. The molecule has 1 aliphatic heterocycles. The van der Waals surface area contributed by atoms with Gasteiger partial charge in [0.25, 0.3) is 0 Å². The van der Waals surface area contributed by atoms with Crippen LogP contribution in [0.2, 0.25) is 0 Å².